The summed E-state index contributed by atoms with van der Waals surface area (Å²) in [6.45, 7) is 0. The number of methoxy groups -OCH3 is 1. The summed E-state index contributed by atoms with van der Waals surface area (Å²) in [6.07, 6.45) is 4.15. The molecule has 0 saturated heterocycles. The van der Waals surface area contributed by atoms with Crippen LogP contribution in [0, 0.1) is 0 Å². The first-order valence-corrected chi connectivity index (χ1v) is 9.21. The maximum atomic E-state index is 12.5. The zero-order valence-electron chi connectivity index (χ0n) is 13.9. The molecule has 0 unspecified atom stereocenters. The molecule has 2 fully saturated rings. The van der Waals surface area contributed by atoms with Crippen LogP contribution in [0.5, 0.6) is 5.75 Å². The summed E-state index contributed by atoms with van der Waals surface area (Å²) >= 11 is 1.29. The van der Waals surface area contributed by atoms with Crippen molar-refractivity contribution in [3.8, 4) is 5.75 Å². The van der Waals surface area contributed by atoms with Crippen molar-refractivity contribution in [2.24, 2.45) is 4.99 Å². The van der Waals surface area contributed by atoms with Crippen LogP contribution in [0.4, 0.5) is 5.69 Å². The minimum atomic E-state index is -0.289. The molecule has 1 amide bonds. The number of hydrogen-bond acceptors (Lipinski definition) is 5. The van der Waals surface area contributed by atoms with E-state index in [1.807, 2.05) is 0 Å². The molecule has 2 aliphatic rings. The molecule has 6 nitrogen and oxygen atoms in total. The first-order valence-electron chi connectivity index (χ1n) is 8.40. The molecule has 0 aliphatic heterocycles. The van der Waals surface area contributed by atoms with Crippen molar-refractivity contribution in [3.63, 3.8) is 0 Å². The van der Waals surface area contributed by atoms with Gasteiger partial charge in [0.25, 0.3) is 11.5 Å². The van der Waals surface area contributed by atoms with E-state index in [1.165, 1.54) is 17.4 Å². The summed E-state index contributed by atoms with van der Waals surface area (Å²) in [7, 11) is 1.59. The predicted molar refractivity (Wildman–Crippen MR) is 96.4 cm³/mol. The van der Waals surface area contributed by atoms with Gasteiger partial charge in [-0.3, -0.25) is 19.1 Å². The van der Waals surface area contributed by atoms with E-state index in [4.69, 9.17) is 4.74 Å². The molecule has 2 saturated carbocycles. The summed E-state index contributed by atoms with van der Waals surface area (Å²) in [5, 5.41) is 2.82. The monoisotopic (exact) mass is 357 g/mol. The number of carbonyl (C=O) groups excluding carboxylic acids is 1. The molecular formula is C18H19N3O3S. The second kappa shape index (κ2) is 6.48. The van der Waals surface area contributed by atoms with Crippen molar-refractivity contribution in [2.75, 3.05) is 12.4 Å². The largest absolute Gasteiger partial charge is 0.497 e. The average molecular weight is 357 g/mol. The van der Waals surface area contributed by atoms with Crippen molar-refractivity contribution >= 4 is 22.9 Å². The maximum absolute atomic E-state index is 12.5. The number of anilines is 1. The number of ether oxygens (including phenoxy) is 1. The lowest BCUT2D eigenvalue weighted by molar-refractivity contribution is 0.103. The van der Waals surface area contributed by atoms with E-state index >= 15 is 0 Å². The smallest absolute Gasteiger partial charge is 0.266 e. The summed E-state index contributed by atoms with van der Waals surface area (Å²) in [5.74, 6) is 0.431. The van der Waals surface area contributed by atoms with Crippen molar-refractivity contribution in [3.05, 3.63) is 50.4 Å². The van der Waals surface area contributed by atoms with Gasteiger partial charge in [-0.05, 0) is 49.9 Å². The zero-order chi connectivity index (χ0) is 17.4. The van der Waals surface area contributed by atoms with Crippen LogP contribution in [0.15, 0.2) is 40.1 Å². The van der Waals surface area contributed by atoms with Gasteiger partial charge >= 0.3 is 0 Å². The maximum Gasteiger partial charge on any atom is 0.266 e. The number of benzene rings is 1. The van der Waals surface area contributed by atoms with Gasteiger partial charge in [-0.15, -0.1) is 0 Å². The molecule has 1 heterocycles. The third-order valence-electron chi connectivity index (χ3n) is 4.22. The van der Waals surface area contributed by atoms with Gasteiger partial charge in [-0.1, -0.05) is 11.3 Å². The molecule has 0 atom stereocenters. The number of carbonyl (C=O) groups is 1. The van der Waals surface area contributed by atoms with Crippen molar-refractivity contribution < 1.29 is 9.53 Å². The van der Waals surface area contributed by atoms with Crippen LogP contribution in [-0.4, -0.2) is 23.6 Å². The van der Waals surface area contributed by atoms with Crippen LogP contribution in [-0.2, 0) is 0 Å². The Morgan fingerprint density at radius 2 is 1.96 bits per heavy atom. The molecule has 0 spiro atoms. The van der Waals surface area contributed by atoms with E-state index in [9.17, 15) is 9.59 Å². The molecular weight excluding hydrogens is 338 g/mol. The van der Waals surface area contributed by atoms with Gasteiger partial charge in [-0.2, -0.15) is 0 Å². The van der Waals surface area contributed by atoms with Crippen LogP contribution >= 0.6 is 11.3 Å². The zero-order valence-corrected chi connectivity index (χ0v) is 14.7. The fraction of sp³-hybridized carbons (Fsp3) is 0.389. The lowest BCUT2D eigenvalue weighted by Crippen LogP contribution is -2.32. The molecule has 1 N–H and O–H groups in total. The Morgan fingerprint density at radius 1 is 1.24 bits per heavy atom. The molecule has 4 rings (SSSR count). The number of nitrogens with one attached hydrogen (secondary N) is 1. The number of aromatic nitrogens is 1. The van der Waals surface area contributed by atoms with Gasteiger partial charge in [0.1, 0.15) is 10.6 Å². The average Bonchev–Trinajstić information content (AvgIpc) is 3.50. The quantitative estimate of drug-likeness (QED) is 0.894. The van der Waals surface area contributed by atoms with E-state index < -0.39 is 0 Å². The van der Waals surface area contributed by atoms with Gasteiger partial charge in [0.15, 0.2) is 4.80 Å². The van der Waals surface area contributed by atoms with Gasteiger partial charge in [0.2, 0.25) is 0 Å². The molecule has 7 heteroatoms. The lowest BCUT2D eigenvalue weighted by Gasteiger charge is -2.08. The Bertz CT molecular complexity index is 922. The standard InChI is InChI=1S/C18H19N3O3S/c1-24-14-8-4-11(5-9-14)19-17(23)15-10-16(22)21(13-6-7-13)18(25-15)20-12-2-3-12/h4-5,8-10,12-13H,2-3,6-7H2,1H3,(H,19,23). The van der Waals surface area contributed by atoms with Gasteiger partial charge in [0, 0.05) is 17.8 Å². The van der Waals surface area contributed by atoms with E-state index in [-0.39, 0.29) is 17.5 Å². The second-order valence-electron chi connectivity index (χ2n) is 6.38. The SMILES string of the molecule is COc1ccc(NC(=O)c2cc(=O)n(C3CC3)c(=NC3CC3)s2)cc1. The Balaban J connectivity index is 1.63. The van der Waals surface area contributed by atoms with E-state index in [0.29, 0.717) is 21.4 Å². The van der Waals surface area contributed by atoms with Crippen LogP contribution in [0.2, 0.25) is 0 Å². The minimum Gasteiger partial charge on any atom is -0.497 e. The first kappa shape index (κ1) is 16.1. The molecule has 0 radical (unpaired) electrons. The first-order chi connectivity index (χ1) is 12.1. The Kier molecular flexibility index (Phi) is 4.17. The lowest BCUT2D eigenvalue weighted by atomic mass is 10.3. The molecule has 130 valence electrons. The summed E-state index contributed by atoms with van der Waals surface area (Å²) in [6, 6.07) is 9.06. The Hall–Kier alpha value is -2.41. The minimum absolute atomic E-state index is 0.138. The van der Waals surface area contributed by atoms with Crippen molar-refractivity contribution in [2.45, 2.75) is 37.8 Å². The van der Waals surface area contributed by atoms with Gasteiger partial charge in [-0.25, -0.2) is 0 Å². The predicted octanol–water partition coefficient (Wildman–Crippen LogP) is 2.57. The molecule has 1 aromatic carbocycles. The topological polar surface area (TPSA) is 72.7 Å². The fourth-order valence-electron chi connectivity index (χ4n) is 2.55. The van der Waals surface area contributed by atoms with Crippen molar-refractivity contribution in [1.29, 1.82) is 0 Å². The van der Waals surface area contributed by atoms with Crippen LogP contribution in [0.1, 0.15) is 41.4 Å². The summed E-state index contributed by atoms with van der Waals surface area (Å²) in [5.41, 5.74) is 0.519. The highest BCUT2D eigenvalue weighted by Crippen LogP contribution is 2.33. The van der Waals surface area contributed by atoms with Crippen LogP contribution in [0.3, 0.4) is 0 Å². The highest BCUT2D eigenvalue weighted by molar-refractivity contribution is 7.11. The summed E-state index contributed by atoms with van der Waals surface area (Å²) in [4.78, 5) is 30.8. The van der Waals surface area contributed by atoms with Crippen LogP contribution in [0.25, 0.3) is 0 Å². The number of nitrogens with zero attached hydrogens (tertiary/aromatic N) is 2. The Morgan fingerprint density at radius 3 is 2.56 bits per heavy atom. The van der Waals surface area contributed by atoms with E-state index in [1.54, 1.807) is 35.9 Å². The molecule has 25 heavy (non-hydrogen) atoms. The third-order valence-corrected chi connectivity index (χ3v) is 5.23. The Labute approximate surface area is 148 Å². The normalized spacial score (nSPS) is 17.4. The van der Waals surface area contributed by atoms with Gasteiger partial charge in [0.05, 0.1) is 13.2 Å². The summed E-state index contributed by atoms with van der Waals surface area (Å²) < 4.78 is 6.86. The molecule has 2 aromatic rings. The number of rotatable bonds is 5. The number of amides is 1. The van der Waals surface area contributed by atoms with E-state index in [0.717, 1.165) is 31.4 Å². The van der Waals surface area contributed by atoms with Gasteiger partial charge < -0.3 is 10.1 Å². The number of hydrogen-bond donors (Lipinski definition) is 1. The molecule has 1 aromatic heterocycles. The third kappa shape index (κ3) is 3.66. The highest BCUT2D eigenvalue weighted by Gasteiger charge is 2.28. The highest BCUT2D eigenvalue weighted by atomic mass is 32.1. The van der Waals surface area contributed by atoms with Crippen LogP contribution < -0.4 is 20.4 Å². The molecule has 2 aliphatic carbocycles. The van der Waals surface area contributed by atoms with Crippen molar-refractivity contribution in [1.82, 2.24) is 4.57 Å². The molecule has 0 bridgehead atoms. The second-order valence-corrected chi connectivity index (χ2v) is 7.38. The van der Waals surface area contributed by atoms with E-state index in [2.05, 4.69) is 10.3 Å². The fourth-order valence-corrected chi connectivity index (χ4v) is 3.59.